The van der Waals surface area contributed by atoms with Gasteiger partial charge in [0.05, 0.1) is 11.1 Å². The van der Waals surface area contributed by atoms with Crippen molar-refractivity contribution in [3.63, 3.8) is 0 Å². The maximum atomic E-state index is 10.5. The number of aliphatic imine (C=N–C) groups is 1. The summed E-state index contributed by atoms with van der Waals surface area (Å²) in [4.78, 5) is 14.5. The number of carbonyl (C=O) groups excluding carboxylic acids is 1. The highest BCUT2D eigenvalue weighted by Gasteiger charge is 2.41. The summed E-state index contributed by atoms with van der Waals surface area (Å²) in [6.07, 6.45) is 7.25. The highest BCUT2D eigenvalue weighted by atomic mass is 16.3. The van der Waals surface area contributed by atoms with Crippen LogP contribution in [-0.2, 0) is 16.8 Å². The number of hydrogen-bond donors (Lipinski definition) is 1. The van der Waals surface area contributed by atoms with Gasteiger partial charge in [-0.3, -0.25) is 0 Å². The van der Waals surface area contributed by atoms with Crippen LogP contribution in [0, 0.1) is 0 Å². The van der Waals surface area contributed by atoms with E-state index in [4.69, 9.17) is 0 Å². The summed E-state index contributed by atoms with van der Waals surface area (Å²) in [5.41, 5.74) is 1.50. The lowest BCUT2D eigenvalue weighted by atomic mass is 9.72. The minimum Gasteiger partial charge on any atom is -0.390 e. The number of aliphatic hydroxyl groups is 1. The van der Waals surface area contributed by atoms with Crippen LogP contribution < -0.4 is 0 Å². The zero-order valence-electron chi connectivity index (χ0n) is 10.4. The Bertz CT molecular complexity index is 492. The lowest BCUT2D eigenvalue weighted by molar-refractivity contribution is 0.151. The van der Waals surface area contributed by atoms with Gasteiger partial charge < -0.3 is 5.11 Å². The van der Waals surface area contributed by atoms with E-state index >= 15 is 0 Å². The van der Waals surface area contributed by atoms with Crippen LogP contribution in [0.1, 0.15) is 43.2 Å². The summed E-state index contributed by atoms with van der Waals surface area (Å²) < 4.78 is 0. The minimum absolute atomic E-state index is 0.309. The standard InChI is InChI=1S/C15H17NO2/c17-11-16-15(6-1-7-15)13-4-2-12(3-5-13)10-14(18)8-9-14/h2-5,18H,1,6-10H2. The van der Waals surface area contributed by atoms with Gasteiger partial charge in [-0.25, -0.2) is 4.79 Å². The van der Waals surface area contributed by atoms with Gasteiger partial charge in [-0.1, -0.05) is 24.3 Å². The zero-order valence-corrected chi connectivity index (χ0v) is 10.4. The van der Waals surface area contributed by atoms with Gasteiger partial charge in [-0.05, 0) is 43.2 Å². The zero-order chi connectivity index (χ0) is 12.6. The van der Waals surface area contributed by atoms with Crippen molar-refractivity contribution < 1.29 is 9.90 Å². The first kappa shape index (κ1) is 11.6. The molecule has 0 aliphatic heterocycles. The number of hydrogen-bond acceptors (Lipinski definition) is 3. The second kappa shape index (κ2) is 4.04. The number of benzene rings is 1. The van der Waals surface area contributed by atoms with Crippen LogP contribution in [0.2, 0.25) is 0 Å². The minimum atomic E-state index is -0.448. The van der Waals surface area contributed by atoms with Gasteiger partial charge in [0.2, 0.25) is 6.08 Å². The van der Waals surface area contributed by atoms with Crippen molar-refractivity contribution in [1.82, 2.24) is 0 Å². The third-order valence-corrected chi connectivity index (χ3v) is 4.29. The number of nitrogens with zero attached hydrogens (tertiary/aromatic N) is 1. The van der Waals surface area contributed by atoms with Crippen molar-refractivity contribution in [3.8, 4) is 0 Å². The second-order valence-corrected chi connectivity index (χ2v) is 5.69. The topological polar surface area (TPSA) is 49.7 Å². The van der Waals surface area contributed by atoms with E-state index in [0.29, 0.717) is 0 Å². The third-order valence-electron chi connectivity index (χ3n) is 4.29. The molecule has 0 unspecified atom stereocenters. The molecular formula is C15H17NO2. The number of isocyanates is 1. The summed E-state index contributed by atoms with van der Waals surface area (Å²) in [5, 5.41) is 9.88. The highest BCUT2D eigenvalue weighted by Crippen LogP contribution is 2.45. The molecule has 2 saturated carbocycles. The van der Waals surface area contributed by atoms with Crippen LogP contribution in [0.5, 0.6) is 0 Å². The fraction of sp³-hybridized carbons (Fsp3) is 0.533. The summed E-state index contributed by atoms with van der Waals surface area (Å²) in [6, 6.07) is 8.18. The van der Waals surface area contributed by atoms with Crippen LogP contribution in [0.3, 0.4) is 0 Å². The van der Waals surface area contributed by atoms with E-state index in [1.165, 1.54) is 0 Å². The van der Waals surface area contributed by atoms with E-state index in [1.54, 1.807) is 6.08 Å². The Labute approximate surface area is 107 Å². The smallest absolute Gasteiger partial charge is 0.235 e. The quantitative estimate of drug-likeness (QED) is 0.652. The average molecular weight is 243 g/mol. The Morgan fingerprint density at radius 2 is 1.83 bits per heavy atom. The fourth-order valence-electron chi connectivity index (χ4n) is 2.70. The van der Waals surface area contributed by atoms with E-state index in [-0.39, 0.29) is 5.54 Å². The lowest BCUT2D eigenvalue weighted by Gasteiger charge is -2.37. The molecule has 0 radical (unpaired) electrons. The Morgan fingerprint density at radius 1 is 1.17 bits per heavy atom. The van der Waals surface area contributed by atoms with Gasteiger partial charge in [0.25, 0.3) is 0 Å². The van der Waals surface area contributed by atoms with Gasteiger partial charge in [-0.2, -0.15) is 4.99 Å². The second-order valence-electron chi connectivity index (χ2n) is 5.69. The Morgan fingerprint density at radius 3 is 2.28 bits per heavy atom. The molecule has 2 aliphatic carbocycles. The first-order valence-electron chi connectivity index (χ1n) is 6.57. The first-order valence-corrected chi connectivity index (χ1v) is 6.57. The van der Waals surface area contributed by atoms with Gasteiger partial charge in [0.1, 0.15) is 0 Å². The molecule has 0 bridgehead atoms. The monoisotopic (exact) mass is 243 g/mol. The largest absolute Gasteiger partial charge is 0.390 e. The van der Waals surface area contributed by atoms with Crippen LogP contribution in [0.25, 0.3) is 0 Å². The average Bonchev–Trinajstić information content (AvgIpc) is 3.03. The molecule has 0 heterocycles. The maximum absolute atomic E-state index is 10.5. The molecule has 0 saturated heterocycles. The lowest BCUT2D eigenvalue weighted by Crippen LogP contribution is -2.31. The highest BCUT2D eigenvalue weighted by molar-refractivity contribution is 5.40. The van der Waals surface area contributed by atoms with E-state index < -0.39 is 5.60 Å². The summed E-state index contributed by atoms with van der Waals surface area (Å²) in [5.74, 6) is 0. The van der Waals surface area contributed by atoms with Gasteiger partial charge in [0, 0.05) is 6.42 Å². The predicted octanol–water partition coefficient (Wildman–Crippen LogP) is 2.47. The molecule has 0 aromatic heterocycles. The van der Waals surface area contributed by atoms with Gasteiger partial charge in [-0.15, -0.1) is 0 Å². The van der Waals surface area contributed by atoms with E-state index in [2.05, 4.69) is 4.99 Å². The molecule has 1 aromatic carbocycles. The van der Waals surface area contributed by atoms with Crippen LogP contribution >= 0.6 is 0 Å². The Hall–Kier alpha value is -1.44. The fourth-order valence-corrected chi connectivity index (χ4v) is 2.70. The van der Waals surface area contributed by atoms with E-state index in [1.807, 2.05) is 24.3 Å². The summed E-state index contributed by atoms with van der Waals surface area (Å²) in [6.45, 7) is 0. The summed E-state index contributed by atoms with van der Waals surface area (Å²) >= 11 is 0. The van der Waals surface area contributed by atoms with Crippen LogP contribution in [0.15, 0.2) is 29.3 Å². The molecule has 2 aliphatic rings. The maximum Gasteiger partial charge on any atom is 0.235 e. The van der Waals surface area contributed by atoms with E-state index in [9.17, 15) is 9.90 Å². The molecule has 3 nitrogen and oxygen atoms in total. The van der Waals surface area contributed by atoms with Gasteiger partial charge in [0.15, 0.2) is 0 Å². The molecule has 3 heteroatoms. The molecule has 0 atom stereocenters. The molecule has 0 amide bonds. The molecule has 18 heavy (non-hydrogen) atoms. The first-order chi connectivity index (χ1) is 8.66. The van der Waals surface area contributed by atoms with Gasteiger partial charge >= 0.3 is 0 Å². The Kier molecular flexibility index (Phi) is 2.61. The molecule has 1 aromatic rings. The van der Waals surface area contributed by atoms with Crippen molar-refractivity contribution in [2.75, 3.05) is 0 Å². The number of rotatable bonds is 4. The molecule has 2 fully saturated rings. The Balaban J connectivity index is 1.79. The van der Waals surface area contributed by atoms with Crippen molar-refractivity contribution in [2.24, 2.45) is 4.99 Å². The van der Waals surface area contributed by atoms with Crippen molar-refractivity contribution in [2.45, 2.75) is 49.7 Å². The van der Waals surface area contributed by atoms with Crippen molar-refractivity contribution >= 4 is 6.08 Å². The SMILES string of the molecule is O=C=NC1(c2ccc(CC3(O)CC3)cc2)CCC1. The predicted molar refractivity (Wildman–Crippen MR) is 68.0 cm³/mol. The molecular weight excluding hydrogens is 226 g/mol. The van der Waals surface area contributed by atoms with E-state index in [0.717, 1.165) is 49.7 Å². The molecule has 1 N–H and O–H groups in total. The third kappa shape index (κ3) is 2.00. The molecule has 3 rings (SSSR count). The van der Waals surface area contributed by atoms with Crippen molar-refractivity contribution in [3.05, 3.63) is 35.4 Å². The van der Waals surface area contributed by atoms with Crippen molar-refractivity contribution in [1.29, 1.82) is 0 Å². The van der Waals surface area contributed by atoms with Crippen LogP contribution in [0.4, 0.5) is 0 Å². The van der Waals surface area contributed by atoms with Crippen LogP contribution in [-0.4, -0.2) is 16.8 Å². The molecule has 0 spiro atoms. The normalized spacial score (nSPS) is 22.7. The molecule has 94 valence electrons. The summed E-state index contributed by atoms with van der Waals surface area (Å²) in [7, 11) is 0.